The number of benzene rings is 1. The minimum atomic E-state index is -0.144. The van der Waals surface area contributed by atoms with Crippen molar-refractivity contribution in [2.75, 3.05) is 23.3 Å². The number of Topliss-reactive ketones (excluding diaryl/α,β-unsaturated/α-hetero) is 1. The quantitative estimate of drug-likeness (QED) is 0.496. The van der Waals surface area contributed by atoms with Crippen LogP contribution in [0.15, 0.2) is 36.8 Å². The molecule has 1 aromatic carbocycles. The molecule has 7 nitrogen and oxygen atoms in total. The second kappa shape index (κ2) is 10.1. The Hall–Kier alpha value is -2.96. The maximum absolute atomic E-state index is 13.4. The molecule has 3 aromatic rings. The van der Waals surface area contributed by atoms with E-state index in [1.807, 2.05) is 6.07 Å². The third kappa shape index (κ3) is 4.92. The summed E-state index contributed by atoms with van der Waals surface area (Å²) in [5, 5.41) is 11.6. The van der Waals surface area contributed by atoms with Crippen molar-refractivity contribution in [3.8, 4) is 0 Å². The van der Waals surface area contributed by atoms with Crippen LogP contribution < -0.4 is 10.2 Å². The number of nitrogens with zero attached hydrogens (tertiary/aromatic N) is 4. The van der Waals surface area contributed by atoms with Gasteiger partial charge in [-0.15, -0.1) is 0 Å². The summed E-state index contributed by atoms with van der Waals surface area (Å²) in [5.41, 5.74) is 3.10. The number of piperidine rings is 1. The Kier molecular flexibility index (Phi) is 7.02. The Morgan fingerprint density at radius 2 is 2.12 bits per heavy atom. The van der Waals surface area contributed by atoms with Crippen LogP contribution in [0.3, 0.4) is 0 Å². The third-order valence-electron chi connectivity index (χ3n) is 6.41. The molecule has 1 aliphatic heterocycles. The number of hydrogen-bond donors (Lipinski definition) is 2. The molecule has 1 saturated heterocycles. The summed E-state index contributed by atoms with van der Waals surface area (Å²) in [7, 11) is 0. The van der Waals surface area contributed by atoms with E-state index < -0.39 is 0 Å². The summed E-state index contributed by atoms with van der Waals surface area (Å²) in [6.45, 7) is 8.31. The monoisotopic (exact) mass is 434 g/mol. The van der Waals surface area contributed by atoms with Crippen molar-refractivity contribution in [3.63, 3.8) is 0 Å². The molecule has 32 heavy (non-hydrogen) atoms. The number of para-hydroxylation sites is 1. The lowest BCUT2D eigenvalue weighted by molar-refractivity contribution is -0.120. The smallest absolute Gasteiger partial charge is 0.160 e. The van der Waals surface area contributed by atoms with Crippen molar-refractivity contribution in [2.24, 2.45) is 5.92 Å². The Balaban J connectivity index is 1.45. The maximum Gasteiger partial charge on any atom is 0.160 e. The van der Waals surface area contributed by atoms with Crippen LogP contribution in [0.4, 0.5) is 11.5 Å². The predicted molar refractivity (Wildman–Crippen MR) is 129 cm³/mol. The summed E-state index contributed by atoms with van der Waals surface area (Å²) >= 11 is 0. The summed E-state index contributed by atoms with van der Waals surface area (Å²) in [6, 6.07) is 8.21. The Morgan fingerprint density at radius 3 is 2.94 bits per heavy atom. The number of carbonyl (C=O) groups is 1. The molecular formula is C25H34N6O. The van der Waals surface area contributed by atoms with Crippen LogP contribution in [0, 0.1) is 5.92 Å². The molecular weight excluding hydrogens is 400 g/mol. The largest absolute Gasteiger partial charge is 0.375 e. The fourth-order valence-corrected chi connectivity index (χ4v) is 4.78. The number of carbonyl (C=O) groups excluding carboxylic acids is 1. The van der Waals surface area contributed by atoms with Crippen LogP contribution in [0.25, 0.3) is 11.0 Å². The van der Waals surface area contributed by atoms with Gasteiger partial charge in [-0.1, -0.05) is 45.4 Å². The number of fused-ring (bicyclic) bond motifs is 1. The lowest BCUT2D eigenvalue weighted by Gasteiger charge is -2.34. The van der Waals surface area contributed by atoms with Gasteiger partial charge < -0.3 is 10.2 Å². The summed E-state index contributed by atoms with van der Waals surface area (Å²) in [4.78, 5) is 24.4. The van der Waals surface area contributed by atoms with Crippen molar-refractivity contribution < 1.29 is 4.79 Å². The van der Waals surface area contributed by atoms with E-state index in [9.17, 15) is 4.79 Å². The minimum absolute atomic E-state index is 0.144. The molecule has 4 rings (SSSR count). The molecule has 0 bridgehead atoms. The lowest BCUT2D eigenvalue weighted by atomic mass is 9.89. The van der Waals surface area contributed by atoms with E-state index in [1.165, 1.54) is 5.56 Å². The van der Waals surface area contributed by atoms with Gasteiger partial charge in [-0.25, -0.2) is 9.97 Å². The zero-order valence-corrected chi connectivity index (χ0v) is 19.3. The number of anilines is 2. The van der Waals surface area contributed by atoms with Crippen molar-refractivity contribution in [2.45, 2.75) is 64.8 Å². The molecule has 2 atom stereocenters. The highest BCUT2D eigenvalue weighted by Crippen LogP contribution is 2.29. The van der Waals surface area contributed by atoms with Crippen molar-refractivity contribution in [1.82, 2.24) is 20.2 Å². The van der Waals surface area contributed by atoms with Crippen molar-refractivity contribution in [3.05, 3.63) is 42.4 Å². The predicted octanol–water partition coefficient (Wildman–Crippen LogP) is 4.93. The molecule has 0 amide bonds. The second-order valence-electron chi connectivity index (χ2n) is 9.18. The van der Waals surface area contributed by atoms with Crippen LogP contribution in [-0.4, -0.2) is 45.1 Å². The van der Waals surface area contributed by atoms with Crippen molar-refractivity contribution >= 4 is 28.3 Å². The topological polar surface area (TPSA) is 86.8 Å². The first-order valence-electron chi connectivity index (χ1n) is 11.8. The van der Waals surface area contributed by atoms with Gasteiger partial charge in [0.2, 0.25) is 0 Å². The molecule has 0 saturated carbocycles. The third-order valence-corrected chi connectivity index (χ3v) is 6.41. The van der Waals surface area contributed by atoms with E-state index in [0.717, 1.165) is 61.3 Å². The summed E-state index contributed by atoms with van der Waals surface area (Å²) < 4.78 is 0. The molecule has 0 aliphatic carbocycles. The van der Waals surface area contributed by atoms with Crippen LogP contribution in [0.2, 0.25) is 0 Å². The highest BCUT2D eigenvalue weighted by molar-refractivity contribution is 5.88. The number of hydrogen-bond acceptors (Lipinski definition) is 6. The van der Waals surface area contributed by atoms with E-state index in [0.29, 0.717) is 24.0 Å². The molecule has 0 unspecified atom stereocenters. The van der Waals surface area contributed by atoms with E-state index in [2.05, 4.69) is 69.4 Å². The Morgan fingerprint density at radius 1 is 1.28 bits per heavy atom. The first kappa shape index (κ1) is 22.2. The molecule has 0 spiro atoms. The Labute approximate surface area is 190 Å². The van der Waals surface area contributed by atoms with Gasteiger partial charge in [0, 0.05) is 25.2 Å². The normalized spacial score (nSPS) is 17.6. The van der Waals surface area contributed by atoms with E-state index in [4.69, 9.17) is 0 Å². The number of aromatic nitrogens is 4. The molecule has 2 aromatic heterocycles. The zero-order valence-electron chi connectivity index (χ0n) is 19.3. The lowest BCUT2D eigenvalue weighted by Crippen LogP contribution is -2.39. The van der Waals surface area contributed by atoms with Gasteiger partial charge in [-0.05, 0) is 42.7 Å². The molecule has 2 N–H and O–H groups in total. The fourth-order valence-electron chi connectivity index (χ4n) is 4.78. The second-order valence-corrected chi connectivity index (χ2v) is 9.18. The summed E-state index contributed by atoms with van der Waals surface area (Å²) in [5.74, 6) is 1.97. The van der Waals surface area contributed by atoms with Gasteiger partial charge in [-0.3, -0.25) is 9.89 Å². The average molecular weight is 435 g/mol. The first-order chi connectivity index (χ1) is 15.6. The number of aromatic amines is 1. The molecule has 170 valence electrons. The zero-order chi connectivity index (χ0) is 22.5. The van der Waals surface area contributed by atoms with Gasteiger partial charge in [0.05, 0.1) is 17.6 Å². The number of rotatable bonds is 9. The number of H-pyrrole nitrogens is 1. The van der Waals surface area contributed by atoms with Crippen LogP contribution in [-0.2, 0) is 4.79 Å². The summed E-state index contributed by atoms with van der Waals surface area (Å²) in [6.07, 6.45) is 7.92. The van der Waals surface area contributed by atoms with E-state index >= 15 is 0 Å². The first-order valence-corrected chi connectivity index (χ1v) is 11.8. The van der Waals surface area contributed by atoms with Gasteiger partial charge >= 0.3 is 0 Å². The van der Waals surface area contributed by atoms with Crippen molar-refractivity contribution in [1.29, 1.82) is 0 Å². The van der Waals surface area contributed by atoms with Gasteiger partial charge in [-0.2, -0.15) is 5.10 Å². The average Bonchev–Trinajstić information content (AvgIpc) is 3.28. The van der Waals surface area contributed by atoms with Gasteiger partial charge in [0.1, 0.15) is 12.1 Å². The van der Waals surface area contributed by atoms with Crippen LogP contribution in [0.1, 0.15) is 64.4 Å². The molecule has 1 aliphatic rings. The molecule has 0 radical (unpaired) electrons. The minimum Gasteiger partial charge on any atom is -0.375 e. The Bertz CT molecular complexity index is 1050. The van der Waals surface area contributed by atoms with E-state index in [1.54, 1.807) is 12.5 Å². The van der Waals surface area contributed by atoms with E-state index in [-0.39, 0.29) is 6.04 Å². The SMILES string of the molecule is CCC[C@@H](Nc1ccccc1C(C)C)C(=O)C[C@@H]1CCCN(c2ncnc3[nH]ncc23)C1. The highest BCUT2D eigenvalue weighted by atomic mass is 16.1. The van der Waals surface area contributed by atoms with Crippen LogP contribution >= 0.6 is 0 Å². The number of ketones is 1. The standard InChI is InChI=1S/C25H34N6O/c1-4-8-22(29-21-11-6-5-10-19(21)17(2)3)23(32)13-18-9-7-12-31(15-18)25-20-14-28-30-24(20)26-16-27-25/h5-6,10-11,14,16-18,22,29H,4,7-9,12-13,15H2,1-3H3,(H,26,27,28,30)/t18-,22+/m0/s1. The molecule has 1 fully saturated rings. The number of nitrogens with one attached hydrogen (secondary N) is 2. The fraction of sp³-hybridized carbons (Fsp3) is 0.520. The molecule has 3 heterocycles. The highest BCUT2D eigenvalue weighted by Gasteiger charge is 2.27. The van der Waals surface area contributed by atoms with Crippen LogP contribution in [0.5, 0.6) is 0 Å². The molecule has 7 heteroatoms. The van der Waals surface area contributed by atoms with Gasteiger partial charge in [0.25, 0.3) is 0 Å². The maximum atomic E-state index is 13.4. The van der Waals surface area contributed by atoms with Gasteiger partial charge in [0.15, 0.2) is 11.4 Å².